The summed E-state index contributed by atoms with van der Waals surface area (Å²) in [6.07, 6.45) is 1.77. The fourth-order valence-electron chi connectivity index (χ4n) is 4.03. The van der Waals surface area contributed by atoms with Crippen molar-refractivity contribution in [2.24, 2.45) is 11.8 Å². The first-order chi connectivity index (χ1) is 15.4. The zero-order chi connectivity index (χ0) is 24.8. The topological polar surface area (TPSA) is 92.8 Å². The molecule has 0 aromatic heterocycles. The molecule has 1 aromatic carbocycles. The van der Waals surface area contributed by atoms with E-state index < -0.39 is 29.6 Å². The normalized spacial score (nSPS) is 18.0. The van der Waals surface area contributed by atoms with Gasteiger partial charge in [-0.1, -0.05) is 39.0 Å². The van der Waals surface area contributed by atoms with Crippen LogP contribution in [0.15, 0.2) is 30.3 Å². The number of hydrogen-bond donors (Lipinski definition) is 1. The minimum atomic E-state index is -0.673. The first kappa shape index (κ1) is 26.6. The molecule has 1 aromatic rings. The Bertz CT molecular complexity index is 844. The van der Waals surface area contributed by atoms with Crippen LogP contribution in [0.2, 0.25) is 0 Å². The monoisotopic (exact) mass is 458 g/mol. The van der Waals surface area contributed by atoms with Gasteiger partial charge in [0.1, 0.15) is 11.6 Å². The Morgan fingerprint density at radius 2 is 1.73 bits per heavy atom. The number of nitrogens with zero attached hydrogens (tertiary/aromatic N) is 1. The molecule has 7 heteroatoms. The second kappa shape index (κ2) is 11.4. The van der Waals surface area contributed by atoms with Crippen molar-refractivity contribution in [3.8, 4) is 0 Å². The first-order valence-corrected chi connectivity index (χ1v) is 11.8. The lowest BCUT2D eigenvalue weighted by Crippen LogP contribution is -2.47. The Balaban J connectivity index is 2.04. The van der Waals surface area contributed by atoms with E-state index in [9.17, 15) is 19.2 Å². The number of nitrogens with one attached hydrogen (secondary N) is 1. The fraction of sp³-hybridized carbons (Fsp3) is 0.615. The quantitative estimate of drug-likeness (QED) is 0.569. The van der Waals surface area contributed by atoms with Crippen LogP contribution in [-0.4, -0.2) is 52.7 Å². The van der Waals surface area contributed by atoms with Crippen molar-refractivity contribution < 1.29 is 23.9 Å². The number of esters is 1. The first-order valence-electron chi connectivity index (χ1n) is 11.8. The molecule has 1 fully saturated rings. The van der Waals surface area contributed by atoms with Gasteiger partial charge in [-0.2, -0.15) is 0 Å². The van der Waals surface area contributed by atoms with Crippen molar-refractivity contribution in [1.82, 2.24) is 10.2 Å². The average molecular weight is 459 g/mol. The highest BCUT2D eigenvalue weighted by Crippen LogP contribution is 2.24. The molecule has 2 amide bonds. The Labute approximate surface area is 197 Å². The van der Waals surface area contributed by atoms with Gasteiger partial charge in [-0.05, 0) is 58.1 Å². The van der Waals surface area contributed by atoms with Gasteiger partial charge in [0.25, 0.3) is 5.91 Å². The molecular formula is C26H38N2O5. The summed E-state index contributed by atoms with van der Waals surface area (Å²) in [5.74, 6) is -1.52. The van der Waals surface area contributed by atoms with Gasteiger partial charge in [-0.15, -0.1) is 0 Å². The molecule has 1 aliphatic rings. The van der Waals surface area contributed by atoms with Gasteiger partial charge in [0.15, 0.2) is 5.78 Å². The van der Waals surface area contributed by atoms with E-state index in [-0.39, 0.29) is 29.9 Å². The van der Waals surface area contributed by atoms with Crippen LogP contribution in [-0.2, 0) is 19.1 Å². The number of benzene rings is 1. The number of likely N-dealkylation sites (tertiary alicyclic amines) is 1. The molecule has 182 valence electrons. The standard InChI is InChI=1S/C26H38N2O5/c1-17(2)15-20(27-23(30)19-11-8-7-9-12-19)22(29)16-18(3)24(31)28-14-10-13-21(28)25(32)33-26(4,5)6/h7-9,11-12,17-18,20-21H,10,13-16H2,1-6H3,(H,27,30)/t18-,20+,21-/m0/s1. The molecular weight excluding hydrogens is 420 g/mol. The van der Waals surface area contributed by atoms with E-state index in [0.29, 0.717) is 24.9 Å². The molecule has 0 spiro atoms. The van der Waals surface area contributed by atoms with Gasteiger partial charge in [0, 0.05) is 24.4 Å². The maximum atomic E-state index is 13.1. The highest BCUT2D eigenvalue weighted by atomic mass is 16.6. The van der Waals surface area contributed by atoms with E-state index in [1.54, 1.807) is 56.9 Å². The molecule has 0 radical (unpaired) electrons. The fourth-order valence-corrected chi connectivity index (χ4v) is 4.03. The second-order valence-corrected chi connectivity index (χ2v) is 10.3. The molecule has 1 heterocycles. The van der Waals surface area contributed by atoms with Gasteiger partial charge in [-0.3, -0.25) is 14.4 Å². The van der Waals surface area contributed by atoms with Gasteiger partial charge < -0.3 is 15.0 Å². The van der Waals surface area contributed by atoms with Gasteiger partial charge in [-0.25, -0.2) is 4.79 Å². The third-order valence-electron chi connectivity index (χ3n) is 5.58. The van der Waals surface area contributed by atoms with E-state index in [1.165, 1.54) is 0 Å². The lowest BCUT2D eigenvalue weighted by molar-refractivity contribution is -0.163. The van der Waals surface area contributed by atoms with Crippen LogP contribution in [0.3, 0.4) is 0 Å². The van der Waals surface area contributed by atoms with Crippen molar-refractivity contribution in [1.29, 1.82) is 0 Å². The smallest absolute Gasteiger partial charge is 0.329 e. The van der Waals surface area contributed by atoms with E-state index in [2.05, 4.69) is 5.32 Å². The van der Waals surface area contributed by atoms with Crippen LogP contribution in [0.5, 0.6) is 0 Å². The predicted octanol–water partition coefficient (Wildman–Crippen LogP) is 3.76. The largest absolute Gasteiger partial charge is 0.458 e. The summed E-state index contributed by atoms with van der Waals surface area (Å²) < 4.78 is 5.48. The molecule has 0 aliphatic carbocycles. The maximum absolute atomic E-state index is 13.1. The Kier molecular flexibility index (Phi) is 9.20. The minimum absolute atomic E-state index is 0.00281. The zero-order valence-electron chi connectivity index (χ0n) is 20.7. The number of carbonyl (C=O) groups excluding carboxylic acids is 4. The Hall–Kier alpha value is -2.70. The second-order valence-electron chi connectivity index (χ2n) is 10.3. The van der Waals surface area contributed by atoms with E-state index >= 15 is 0 Å². The maximum Gasteiger partial charge on any atom is 0.329 e. The van der Waals surface area contributed by atoms with Crippen LogP contribution in [0.4, 0.5) is 0 Å². The van der Waals surface area contributed by atoms with Crippen molar-refractivity contribution >= 4 is 23.6 Å². The highest BCUT2D eigenvalue weighted by Gasteiger charge is 2.39. The van der Waals surface area contributed by atoms with Crippen molar-refractivity contribution in [3.63, 3.8) is 0 Å². The lowest BCUT2D eigenvalue weighted by atomic mass is 9.93. The molecule has 1 N–H and O–H groups in total. The molecule has 2 rings (SSSR count). The molecule has 1 aliphatic heterocycles. The Morgan fingerprint density at radius 3 is 2.30 bits per heavy atom. The highest BCUT2D eigenvalue weighted by molar-refractivity contribution is 5.98. The molecule has 33 heavy (non-hydrogen) atoms. The summed E-state index contributed by atoms with van der Waals surface area (Å²) in [6.45, 7) is 11.5. The summed E-state index contributed by atoms with van der Waals surface area (Å²) >= 11 is 0. The van der Waals surface area contributed by atoms with Crippen LogP contribution in [0, 0.1) is 11.8 Å². The van der Waals surface area contributed by atoms with Gasteiger partial charge in [0.2, 0.25) is 5.91 Å². The predicted molar refractivity (Wildman–Crippen MR) is 127 cm³/mol. The van der Waals surface area contributed by atoms with Gasteiger partial charge in [0.05, 0.1) is 6.04 Å². The third-order valence-corrected chi connectivity index (χ3v) is 5.58. The molecule has 3 atom stereocenters. The van der Waals surface area contributed by atoms with Crippen LogP contribution in [0.1, 0.15) is 77.6 Å². The molecule has 1 saturated heterocycles. The van der Waals surface area contributed by atoms with Crippen LogP contribution >= 0.6 is 0 Å². The lowest BCUT2D eigenvalue weighted by Gasteiger charge is -2.29. The molecule has 0 bridgehead atoms. The number of hydrogen-bond acceptors (Lipinski definition) is 5. The summed E-state index contributed by atoms with van der Waals surface area (Å²) in [7, 11) is 0. The summed E-state index contributed by atoms with van der Waals surface area (Å²) in [4.78, 5) is 53.0. The van der Waals surface area contributed by atoms with Crippen LogP contribution < -0.4 is 5.32 Å². The van der Waals surface area contributed by atoms with Crippen molar-refractivity contribution in [2.45, 2.75) is 84.9 Å². The Morgan fingerprint density at radius 1 is 1.09 bits per heavy atom. The van der Waals surface area contributed by atoms with Crippen LogP contribution in [0.25, 0.3) is 0 Å². The zero-order valence-corrected chi connectivity index (χ0v) is 20.7. The average Bonchev–Trinajstić information content (AvgIpc) is 3.21. The third kappa shape index (κ3) is 7.98. The van der Waals surface area contributed by atoms with Gasteiger partial charge >= 0.3 is 5.97 Å². The minimum Gasteiger partial charge on any atom is -0.458 e. The number of Topliss-reactive ketones (excluding diaryl/α,β-unsaturated/α-hetero) is 1. The van der Waals surface area contributed by atoms with Crippen molar-refractivity contribution in [2.75, 3.05) is 6.54 Å². The van der Waals surface area contributed by atoms with E-state index in [0.717, 1.165) is 6.42 Å². The summed E-state index contributed by atoms with van der Waals surface area (Å²) in [5, 5.41) is 2.84. The summed E-state index contributed by atoms with van der Waals surface area (Å²) in [6, 6.07) is 7.47. The van der Waals surface area contributed by atoms with E-state index in [1.807, 2.05) is 19.9 Å². The number of ketones is 1. The number of ether oxygens (including phenoxy) is 1. The number of rotatable bonds is 9. The molecule has 0 unspecified atom stereocenters. The molecule has 7 nitrogen and oxygen atoms in total. The number of amides is 2. The number of carbonyl (C=O) groups is 4. The molecule has 0 saturated carbocycles. The summed E-state index contributed by atoms with van der Waals surface area (Å²) in [5.41, 5.74) is -0.141. The van der Waals surface area contributed by atoms with E-state index in [4.69, 9.17) is 4.74 Å². The SMILES string of the molecule is CC(C)C[C@@H](NC(=O)c1ccccc1)C(=O)C[C@H](C)C(=O)N1CCC[C@H]1C(=O)OC(C)(C)C. The van der Waals surface area contributed by atoms with Crippen molar-refractivity contribution in [3.05, 3.63) is 35.9 Å².